The average Bonchev–Trinajstić information content (AvgIpc) is 2.65. The van der Waals surface area contributed by atoms with Gasteiger partial charge < -0.3 is 19.6 Å². The number of carbonyl (C=O) groups excluding carboxylic acids is 2. The second-order valence-electron chi connectivity index (χ2n) is 6.95. The third-order valence-corrected chi connectivity index (χ3v) is 4.42. The summed E-state index contributed by atoms with van der Waals surface area (Å²) in [5.74, 6) is -0.309. The molecule has 0 spiro atoms. The highest BCUT2D eigenvalue weighted by Crippen LogP contribution is 2.24. The normalized spacial score (nSPS) is 10.9. The first kappa shape index (κ1) is 20.1. The standard InChI is InChI=1S/C22H21NO6/c1-12(2)17-7-6-15(8-13(17)3)27-11-20(24)28-16-5-4-14-9-18(21(23)25)22(26)29-19(14)10-16/h4-10,12H,11H2,1-3H3,(H2,23,25). The van der Waals surface area contributed by atoms with Crippen LogP contribution in [-0.4, -0.2) is 18.5 Å². The van der Waals surface area contributed by atoms with Crippen molar-refractivity contribution in [3.05, 3.63) is 69.6 Å². The molecule has 0 fully saturated rings. The van der Waals surface area contributed by atoms with E-state index in [2.05, 4.69) is 13.8 Å². The predicted molar refractivity (Wildman–Crippen MR) is 107 cm³/mol. The van der Waals surface area contributed by atoms with Crippen LogP contribution >= 0.6 is 0 Å². The van der Waals surface area contributed by atoms with Gasteiger partial charge in [-0.05, 0) is 54.3 Å². The predicted octanol–water partition coefficient (Wildman–Crippen LogP) is 3.31. The van der Waals surface area contributed by atoms with Crippen LogP contribution in [0.25, 0.3) is 11.0 Å². The van der Waals surface area contributed by atoms with E-state index in [0.29, 0.717) is 17.1 Å². The summed E-state index contributed by atoms with van der Waals surface area (Å²) in [6.45, 7) is 5.94. The van der Waals surface area contributed by atoms with Crippen LogP contribution in [0, 0.1) is 6.92 Å². The topological polar surface area (TPSA) is 109 Å². The molecule has 0 saturated heterocycles. The number of rotatable bonds is 6. The zero-order valence-electron chi connectivity index (χ0n) is 16.4. The van der Waals surface area contributed by atoms with E-state index in [1.165, 1.54) is 23.8 Å². The Morgan fingerprint density at radius 3 is 2.45 bits per heavy atom. The number of hydrogen-bond donors (Lipinski definition) is 1. The number of amides is 1. The van der Waals surface area contributed by atoms with Gasteiger partial charge in [-0.25, -0.2) is 9.59 Å². The number of nitrogens with two attached hydrogens (primary N) is 1. The van der Waals surface area contributed by atoms with E-state index in [1.807, 2.05) is 25.1 Å². The molecule has 0 unspecified atom stereocenters. The van der Waals surface area contributed by atoms with E-state index in [-0.39, 0.29) is 23.5 Å². The summed E-state index contributed by atoms with van der Waals surface area (Å²) < 4.78 is 15.8. The fourth-order valence-corrected chi connectivity index (χ4v) is 3.02. The zero-order chi connectivity index (χ0) is 21.1. The Bertz CT molecular complexity index is 1150. The lowest BCUT2D eigenvalue weighted by Gasteiger charge is -2.12. The number of benzene rings is 2. The van der Waals surface area contributed by atoms with Gasteiger partial charge in [0.25, 0.3) is 5.91 Å². The molecular weight excluding hydrogens is 374 g/mol. The SMILES string of the molecule is Cc1cc(OCC(=O)Oc2ccc3cc(C(N)=O)c(=O)oc3c2)ccc1C(C)C. The Labute approximate surface area is 167 Å². The minimum Gasteiger partial charge on any atom is -0.482 e. The van der Waals surface area contributed by atoms with E-state index >= 15 is 0 Å². The molecule has 29 heavy (non-hydrogen) atoms. The monoisotopic (exact) mass is 395 g/mol. The van der Waals surface area contributed by atoms with Crippen LogP contribution < -0.4 is 20.8 Å². The van der Waals surface area contributed by atoms with Gasteiger partial charge >= 0.3 is 11.6 Å². The highest BCUT2D eigenvalue weighted by Gasteiger charge is 2.13. The number of esters is 1. The van der Waals surface area contributed by atoms with Crippen LogP contribution in [0.5, 0.6) is 11.5 Å². The van der Waals surface area contributed by atoms with Gasteiger partial charge in [-0.3, -0.25) is 4.79 Å². The van der Waals surface area contributed by atoms with Gasteiger partial charge in [-0.2, -0.15) is 0 Å². The molecule has 0 aliphatic heterocycles. The molecule has 3 rings (SSSR count). The lowest BCUT2D eigenvalue weighted by molar-refractivity contribution is -0.136. The van der Waals surface area contributed by atoms with Gasteiger partial charge in [0.1, 0.15) is 22.6 Å². The third kappa shape index (κ3) is 4.63. The Hall–Kier alpha value is -3.61. The summed E-state index contributed by atoms with van der Waals surface area (Å²) >= 11 is 0. The molecule has 1 amide bonds. The molecule has 7 heteroatoms. The second kappa shape index (κ2) is 8.18. The smallest absolute Gasteiger partial charge is 0.349 e. The minimum absolute atomic E-state index is 0.172. The van der Waals surface area contributed by atoms with Gasteiger partial charge in [-0.15, -0.1) is 0 Å². The minimum atomic E-state index is -0.870. The van der Waals surface area contributed by atoms with Crippen molar-refractivity contribution in [3.8, 4) is 11.5 Å². The second-order valence-corrected chi connectivity index (χ2v) is 6.95. The first-order chi connectivity index (χ1) is 13.7. The zero-order valence-corrected chi connectivity index (χ0v) is 16.4. The molecule has 0 aliphatic carbocycles. The van der Waals surface area contributed by atoms with E-state index < -0.39 is 17.5 Å². The lowest BCUT2D eigenvalue weighted by atomic mass is 9.98. The van der Waals surface area contributed by atoms with Crippen molar-refractivity contribution in [1.29, 1.82) is 0 Å². The van der Waals surface area contributed by atoms with Gasteiger partial charge in [-0.1, -0.05) is 19.9 Å². The molecule has 150 valence electrons. The molecule has 0 radical (unpaired) electrons. The highest BCUT2D eigenvalue weighted by atomic mass is 16.6. The summed E-state index contributed by atoms with van der Waals surface area (Å²) in [6.07, 6.45) is 0. The van der Waals surface area contributed by atoms with Crippen molar-refractivity contribution >= 4 is 22.8 Å². The molecule has 3 aromatic rings. The molecule has 2 N–H and O–H groups in total. The summed E-state index contributed by atoms with van der Waals surface area (Å²) in [4.78, 5) is 35.1. The molecule has 7 nitrogen and oxygen atoms in total. The first-order valence-corrected chi connectivity index (χ1v) is 9.06. The Morgan fingerprint density at radius 2 is 1.79 bits per heavy atom. The number of hydrogen-bond acceptors (Lipinski definition) is 6. The Morgan fingerprint density at radius 1 is 1.07 bits per heavy atom. The molecular formula is C22H21NO6. The van der Waals surface area contributed by atoms with Crippen molar-refractivity contribution in [1.82, 2.24) is 0 Å². The number of primary amides is 1. The number of carbonyl (C=O) groups is 2. The summed E-state index contributed by atoms with van der Waals surface area (Å²) in [6, 6.07) is 11.5. The van der Waals surface area contributed by atoms with Crippen LogP contribution in [0.3, 0.4) is 0 Å². The molecule has 0 aliphatic rings. The highest BCUT2D eigenvalue weighted by molar-refractivity contribution is 5.95. The first-order valence-electron chi connectivity index (χ1n) is 9.06. The molecule has 1 aromatic heterocycles. The molecule has 0 saturated carbocycles. The maximum atomic E-state index is 12.1. The van der Waals surface area contributed by atoms with E-state index in [1.54, 1.807) is 6.07 Å². The van der Waals surface area contributed by atoms with Crippen LogP contribution in [0.2, 0.25) is 0 Å². The van der Waals surface area contributed by atoms with Crippen molar-refractivity contribution in [2.24, 2.45) is 5.73 Å². The van der Waals surface area contributed by atoms with E-state index in [4.69, 9.17) is 19.6 Å². The molecule has 0 bridgehead atoms. The van der Waals surface area contributed by atoms with Gasteiger partial charge in [0.15, 0.2) is 6.61 Å². The van der Waals surface area contributed by atoms with E-state index in [0.717, 1.165) is 5.56 Å². The summed E-state index contributed by atoms with van der Waals surface area (Å²) in [5.41, 5.74) is 6.52. The Kier molecular flexibility index (Phi) is 5.68. The van der Waals surface area contributed by atoms with Crippen LogP contribution in [0.4, 0.5) is 0 Å². The fraction of sp³-hybridized carbons (Fsp3) is 0.227. The summed E-state index contributed by atoms with van der Waals surface area (Å²) in [7, 11) is 0. The lowest BCUT2D eigenvalue weighted by Crippen LogP contribution is -2.20. The maximum absolute atomic E-state index is 12.1. The fourth-order valence-electron chi connectivity index (χ4n) is 3.02. The molecule has 2 aromatic carbocycles. The van der Waals surface area contributed by atoms with Crippen LogP contribution in [-0.2, 0) is 4.79 Å². The third-order valence-electron chi connectivity index (χ3n) is 4.42. The molecule has 0 atom stereocenters. The summed E-state index contributed by atoms with van der Waals surface area (Å²) in [5, 5.41) is 0.482. The van der Waals surface area contributed by atoms with Crippen molar-refractivity contribution in [2.45, 2.75) is 26.7 Å². The van der Waals surface area contributed by atoms with Gasteiger partial charge in [0, 0.05) is 11.5 Å². The van der Waals surface area contributed by atoms with Crippen LogP contribution in [0.15, 0.2) is 51.7 Å². The van der Waals surface area contributed by atoms with Crippen molar-refractivity contribution < 1.29 is 23.5 Å². The average molecular weight is 395 g/mol. The van der Waals surface area contributed by atoms with Crippen molar-refractivity contribution in [3.63, 3.8) is 0 Å². The van der Waals surface area contributed by atoms with Crippen LogP contribution in [0.1, 0.15) is 41.3 Å². The Balaban J connectivity index is 1.68. The number of ether oxygens (including phenoxy) is 2. The van der Waals surface area contributed by atoms with Crippen molar-refractivity contribution in [2.75, 3.05) is 6.61 Å². The maximum Gasteiger partial charge on any atom is 0.349 e. The molecule has 1 heterocycles. The van der Waals surface area contributed by atoms with E-state index in [9.17, 15) is 14.4 Å². The number of aryl methyl sites for hydroxylation is 1. The quantitative estimate of drug-likeness (QED) is 0.390. The van der Waals surface area contributed by atoms with Gasteiger partial charge in [0.05, 0.1) is 0 Å². The van der Waals surface area contributed by atoms with Gasteiger partial charge in [0.2, 0.25) is 0 Å². The number of fused-ring (bicyclic) bond motifs is 1. The largest absolute Gasteiger partial charge is 0.482 e.